The van der Waals surface area contributed by atoms with E-state index in [0.29, 0.717) is 24.6 Å². The molecule has 0 saturated carbocycles. The summed E-state index contributed by atoms with van der Waals surface area (Å²) in [6, 6.07) is 13.7. The van der Waals surface area contributed by atoms with E-state index in [9.17, 15) is 14.7 Å². The summed E-state index contributed by atoms with van der Waals surface area (Å²) >= 11 is 0. The molecule has 2 N–H and O–H groups in total. The smallest absolute Gasteiger partial charge is 0.308 e. The van der Waals surface area contributed by atoms with Crippen LogP contribution in [0.1, 0.15) is 23.7 Å². The Hall–Kier alpha value is -3.22. The molecule has 2 aromatic carbocycles. The fourth-order valence-electron chi connectivity index (χ4n) is 2.97. The first-order chi connectivity index (χ1) is 13.0. The predicted molar refractivity (Wildman–Crippen MR) is 99.1 cm³/mol. The minimum atomic E-state index is -0.934. The number of carbonyl (C=O) groups is 2. The summed E-state index contributed by atoms with van der Waals surface area (Å²) < 4.78 is 4.96. The van der Waals surface area contributed by atoms with E-state index in [1.807, 2.05) is 42.5 Å². The molecular formula is C20H21N3O4. The van der Waals surface area contributed by atoms with E-state index in [0.717, 1.165) is 16.3 Å². The van der Waals surface area contributed by atoms with Gasteiger partial charge in [0.1, 0.15) is 0 Å². The lowest BCUT2D eigenvalue weighted by atomic mass is 9.95. The number of aliphatic carboxylic acids is 1. The lowest BCUT2D eigenvalue weighted by Gasteiger charge is -2.15. The molecule has 1 unspecified atom stereocenters. The summed E-state index contributed by atoms with van der Waals surface area (Å²) in [6.45, 7) is 1.78. The van der Waals surface area contributed by atoms with Crippen LogP contribution in [-0.2, 0) is 22.4 Å². The van der Waals surface area contributed by atoms with E-state index in [1.165, 1.54) is 0 Å². The lowest BCUT2D eigenvalue weighted by molar-refractivity contribution is -0.141. The molecule has 0 spiro atoms. The molecular weight excluding hydrogens is 346 g/mol. The summed E-state index contributed by atoms with van der Waals surface area (Å²) in [5.41, 5.74) is 0.955. The summed E-state index contributed by atoms with van der Waals surface area (Å²) in [4.78, 5) is 27.7. The van der Waals surface area contributed by atoms with Crippen molar-refractivity contribution in [1.29, 1.82) is 0 Å². The first-order valence-corrected chi connectivity index (χ1v) is 8.78. The van der Waals surface area contributed by atoms with Crippen LogP contribution in [-0.4, -0.2) is 33.7 Å². The van der Waals surface area contributed by atoms with E-state index in [1.54, 1.807) is 6.92 Å². The normalized spacial score (nSPS) is 12.0. The lowest BCUT2D eigenvalue weighted by Crippen LogP contribution is -2.34. The zero-order valence-electron chi connectivity index (χ0n) is 15.0. The van der Waals surface area contributed by atoms with Gasteiger partial charge in [-0.2, -0.15) is 4.98 Å². The van der Waals surface area contributed by atoms with Gasteiger partial charge >= 0.3 is 5.97 Å². The van der Waals surface area contributed by atoms with Crippen LogP contribution >= 0.6 is 0 Å². The average Bonchev–Trinajstić information content (AvgIpc) is 3.08. The molecule has 7 nitrogen and oxygen atoms in total. The molecule has 0 aliphatic heterocycles. The van der Waals surface area contributed by atoms with Crippen molar-refractivity contribution in [2.45, 2.75) is 26.2 Å². The number of aryl methyl sites for hydroxylation is 2. The predicted octanol–water partition coefficient (Wildman–Crippen LogP) is 2.52. The standard InChI is InChI=1S/C20H21N3O4/c1-13-22-19(27-23-13)10-9-18(24)21-12-16(20(25)26)11-15-7-4-6-14-5-2-3-8-17(14)15/h2-8,16H,9-12H2,1H3,(H,21,24)(H,25,26). The number of fused-ring (bicyclic) bond motifs is 1. The van der Waals surface area contributed by atoms with Gasteiger partial charge in [0, 0.05) is 19.4 Å². The van der Waals surface area contributed by atoms with E-state index < -0.39 is 11.9 Å². The number of carboxylic acids is 1. The summed E-state index contributed by atoms with van der Waals surface area (Å²) in [6.07, 6.45) is 0.843. The second kappa shape index (κ2) is 8.44. The topological polar surface area (TPSA) is 105 Å². The van der Waals surface area contributed by atoms with Crippen LogP contribution in [0.15, 0.2) is 47.0 Å². The number of amides is 1. The Morgan fingerprint density at radius 3 is 2.70 bits per heavy atom. The van der Waals surface area contributed by atoms with Crippen molar-refractivity contribution >= 4 is 22.6 Å². The summed E-state index contributed by atoms with van der Waals surface area (Å²) in [5.74, 6) is -0.962. The Morgan fingerprint density at radius 1 is 1.19 bits per heavy atom. The van der Waals surface area contributed by atoms with Crippen molar-refractivity contribution in [2.24, 2.45) is 5.92 Å². The number of nitrogens with zero attached hydrogens (tertiary/aromatic N) is 2. The Morgan fingerprint density at radius 2 is 1.96 bits per heavy atom. The molecule has 1 amide bonds. The highest BCUT2D eigenvalue weighted by Crippen LogP contribution is 2.21. The second-order valence-corrected chi connectivity index (χ2v) is 6.42. The minimum absolute atomic E-state index is 0.0697. The van der Waals surface area contributed by atoms with Crippen molar-refractivity contribution in [3.63, 3.8) is 0 Å². The molecule has 3 aromatic rings. The molecule has 0 saturated heterocycles. The third-order valence-corrected chi connectivity index (χ3v) is 4.38. The van der Waals surface area contributed by atoms with Crippen LogP contribution in [0.4, 0.5) is 0 Å². The highest BCUT2D eigenvalue weighted by molar-refractivity contribution is 5.86. The zero-order valence-corrected chi connectivity index (χ0v) is 15.0. The van der Waals surface area contributed by atoms with Crippen molar-refractivity contribution in [3.05, 3.63) is 59.7 Å². The van der Waals surface area contributed by atoms with Crippen molar-refractivity contribution < 1.29 is 19.2 Å². The Kier molecular flexibility index (Phi) is 5.80. The number of rotatable bonds is 8. The van der Waals surface area contributed by atoms with Gasteiger partial charge in [0.25, 0.3) is 0 Å². The van der Waals surface area contributed by atoms with E-state index in [2.05, 4.69) is 15.5 Å². The van der Waals surface area contributed by atoms with Gasteiger partial charge in [-0.3, -0.25) is 9.59 Å². The molecule has 1 aromatic heterocycles. The molecule has 27 heavy (non-hydrogen) atoms. The van der Waals surface area contributed by atoms with Crippen LogP contribution in [0.5, 0.6) is 0 Å². The Labute approximate surface area is 156 Å². The fourth-order valence-corrected chi connectivity index (χ4v) is 2.97. The number of nitrogens with one attached hydrogen (secondary N) is 1. The molecule has 140 valence electrons. The maximum Gasteiger partial charge on any atom is 0.308 e. The quantitative estimate of drug-likeness (QED) is 0.634. The van der Waals surface area contributed by atoms with Crippen LogP contribution in [0.3, 0.4) is 0 Å². The van der Waals surface area contributed by atoms with Gasteiger partial charge in [-0.05, 0) is 29.7 Å². The van der Waals surface area contributed by atoms with Gasteiger partial charge in [-0.15, -0.1) is 0 Å². The molecule has 1 heterocycles. The van der Waals surface area contributed by atoms with E-state index >= 15 is 0 Å². The number of carboxylic acid groups (broad SMARTS) is 1. The van der Waals surface area contributed by atoms with Gasteiger partial charge in [0.15, 0.2) is 5.82 Å². The Balaban J connectivity index is 1.59. The summed E-state index contributed by atoms with van der Waals surface area (Å²) in [7, 11) is 0. The fraction of sp³-hybridized carbons (Fsp3) is 0.300. The first-order valence-electron chi connectivity index (χ1n) is 8.78. The highest BCUT2D eigenvalue weighted by atomic mass is 16.5. The zero-order chi connectivity index (χ0) is 19.2. The van der Waals surface area contributed by atoms with Gasteiger partial charge in [0.2, 0.25) is 11.8 Å². The van der Waals surface area contributed by atoms with Gasteiger partial charge in [-0.25, -0.2) is 0 Å². The van der Waals surface area contributed by atoms with Gasteiger partial charge < -0.3 is 14.9 Å². The van der Waals surface area contributed by atoms with Crippen LogP contribution in [0, 0.1) is 12.8 Å². The van der Waals surface area contributed by atoms with E-state index in [-0.39, 0.29) is 18.9 Å². The third kappa shape index (κ3) is 4.91. The van der Waals surface area contributed by atoms with Crippen molar-refractivity contribution in [1.82, 2.24) is 15.5 Å². The van der Waals surface area contributed by atoms with Crippen molar-refractivity contribution in [3.8, 4) is 0 Å². The van der Waals surface area contributed by atoms with Crippen molar-refractivity contribution in [2.75, 3.05) is 6.54 Å². The molecule has 0 bridgehead atoms. The molecule has 7 heteroatoms. The van der Waals surface area contributed by atoms with E-state index in [4.69, 9.17) is 4.52 Å². The monoisotopic (exact) mass is 367 g/mol. The summed E-state index contributed by atoms with van der Waals surface area (Å²) in [5, 5.41) is 18.0. The number of hydrogen-bond donors (Lipinski definition) is 2. The number of hydrogen-bond acceptors (Lipinski definition) is 5. The molecule has 0 radical (unpaired) electrons. The minimum Gasteiger partial charge on any atom is -0.481 e. The molecule has 0 fully saturated rings. The van der Waals surface area contributed by atoms with Gasteiger partial charge in [0.05, 0.1) is 5.92 Å². The first kappa shape index (κ1) is 18.6. The second-order valence-electron chi connectivity index (χ2n) is 6.42. The largest absolute Gasteiger partial charge is 0.481 e. The molecule has 0 aliphatic carbocycles. The maximum atomic E-state index is 12.0. The van der Waals surface area contributed by atoms with Crippen LogP contribution in [0.2, 0.25) is 0 Å². The Bertz CT molecular complexity index is 946. The third-order valence-electron chi connectivity index (χ3n) is 4.38. The van der Waals surface area contributed by atoms with Gasteiger partial charge in [-0.1, -0.05) is 47.6 Å². The average molecular weight is 367 g/mol. The number of benzene rings is 2. The molecule has 0 aliphatic rings. The van der Waals surface area contributed by atoms with Crippen LogP contribution < -0.4 is 5.32 Å². The number of carbonyl (C=O) groups excluding carboxylic acids is 1. The maximum absolute atomic E-state index is 12.0. The molecule has 3 rings (SSSR count). The molecule has 1 atom stereocenters. The SMILES string of the molecule is Cc1noc(CCC(=O)NCC(Cc2cccc3ccccc23)C(=O)O)n1. The van der Waals surface area contributed by atoms with Crippen LogP contribution in [0.25, 0.3) is 10.8 Å². The highest BCUT2D eigenvalue weighted by Gasteiger charge is 2.20. The number of aromatic nitrogens is 2.